The second kappa shape index (κ2) is 7.03. The molecule has 128 valence electrons. The van der Waals surface area contributed by atoms with Crippen molar-refractivity contribution in [1.29, 1.82) is 0 Å². The van der Waals surface area contributed by atoms with E-state index < -0.39 is 16.7 Å². The van der Waals surface area contributed by atoms with E-state index in [1.54, 1.807) is 18.2 Å². The van der Waals surface area contributed by atoms with Crippen molar-refractivity contribution in [3.05, 3.63) is 67.7 Å². The van der Waals surface area contributed by atoms with Crippen LogP contribution >= 0.6 is 35.0 Å². The lowest BCUT2D eigenvalue weighted by Gasteiger charge is -2.13. The molecule has 0 N–H and O–H groups in total. The Bertz CT molecular complexity index is 904. The van der Waals surface area contributed by atoms with Crippen molar-refractivity contribution >= 4 is 52.5 Å². The van der Waals surface area contributed by atoms with Crippen LogP contribution in [0.15, 0.2) is 41.3 Å². The van der Waals surface area contributed by atoms with Crippen LogP contribution < -0.4 is 0 Å². The number of carbonyl (C=O) groups excluding carboxylic acids is 2. The first kappa shape index (κ1) is 17.7. The average Bonchev–Trinajstić information content (AvgIpc) is 2.82. The van der Waals surface area contributed by atoms with Gasteiger partial charge in [0, 0.05) is 28.3 Å². The van der Waals surface area contributed by atoms with E-state index in [0.29, 0.717) is 15.8 Å². The lowest BCUT2D eigenvalue weighted by atomic mass is 10.1. The maximum Gasteiger partial charge on any atom is 0.282 e. The maximum atomic E-state index is 12.4. The molecule has 1 heterocycles. The summed E-state index contributed by atoms with van der Waals surface area (Å²) in [5, 5.41) is 12.1. The van der Waals surface area contributed by atoms with E-state index in [-0.39, 0.29) is 23.4 Å². The van der Waals surface area contributed by atoms with Gasteiger partial charge in [0.05, 0.1) is 15.5 Å². The maximum absolute atomic E-state index is 12.4. The third-order valence-corrected chi connectivity index (χ3v) is 5.35. The van der Waals surface area contributed by atoms with Crippen molar-refractivity contribution in [2.24, 2.45) is 0 Å². The van der Waals surface area contributed by atoms with Crippen molar-refractivity contribution in [2.45, 2.75) is 4.90 Å². The van der Waals surface area contributed by atoms with Gasteiger partial charge in [0.2, 0.25) is 0 Å². The second-order valence-electron chi connectivity index (χ2n) is 5.14. The van der Waals surface area contributed by atoms with Crippen LogP contribution in [0.4, 0.5) is 5.69 Å². The van der Waals surface area contributed by atoms with Crippen LogP contribution in [0.2, 0.25) is 10.0 Å². The summed E-state index contributed by atoms with van der Waals surface area (Å²) in [6.07, 6.45) is 0. The third kappa shape index (κ3) is 3.35. The monoisotopic (exact) mass is 396 g/mol. The highest BCUT2D eigenvalue weighted by molar-refractivity contribution is 7.99. The van der Waals surface area contributed by atoms with Crippen LogP contribution in [0.25, 0.3) is 0 Å². The van der Waals surface area contributed by atoms with Crippen LogP contribution in [-0.4, -0.2) is 33.9 Å². The molecule has 0 spiro atoms. The van der Waals surface area contributed by atoms with E-state index in [4.69, 9.17) is 23.2 Å². The van der Waals surface area contributed by atoms with Crippen molar-refractivity contribution in [1.82, 2.24) is 4.90 Å². The summed E-state index contributed by atoms with van der Waals surface area (Å²) in [6, 6.07) is 9.06. The second-order valence-corrected chi connectivity index (χ2v) is 7.12. The number of imide groups is 1. The smallest absolute Gasteiger partial charge is 0.273 e. The van der Waals surface area contributed by atoms with Crippen molar-refractivity contribution < 1.29 is 14.5 Å². The molecule has 2 amide bonds. The standard InChI is InChI=1S/C16H10Cl2N2O4S/c17-9-4-5-11(18)13(8-9)25-7-6-19-15(21)10-2-1-3-12(20(23)24)14(10)16(19)22/h1-5,8H,6-7H2. The number of nitro groups is 1. The Morgan fingerprint density at radius 2 is 1.88 bits per heavy atom. The summed E-state index contributed by atoms with van der Waals surface area (Å²) in [5.41, 5.74) is -0.447. The lowest BCUT2D eigenvalue weighted by molar-refractivity contribution is -0.385. The highest BCUT2D eigenvalue weighted by atomic mass is 35.5. The first-order valence-corrected chi connectivity index (χ1v) is 8.85. The summed E-state index contributed by atoms with van der Waals surface area (Å²) < 4.78 is 0. The molecule has 0 atom stereocenters. The summed E-state index contributed by atoms with van der Waals surface area (Å²) >= 11 is 13.3. The zero-order chi connectivity index (χ0) is 18.1. The largest absolute Gasteiger partial charge is 0.282 e. The number of thioether (sulfide) groups is 1. The number of nitro benzene ring substituents is 1. The van der Waals surface area contributed by atoms with Gasteiger partial charge in [-0.05, 0) is 24.3 Å². The van der Waals surface area contributed by atoms with Crippen LogP contribution in [-0.2, 0) is 0 Å². The topological polar surface area (TPSA) is 80.5 Å². The number of amides is 2. The molecule has 0 unspecified atom stereocenters. The van der Waals surface area contributed by atoms with Gasteiger partial charge in [0.15, 0.2) is 0 Å². The van der Waals surface area contributed by atoms with E-state index in [9.17, 15) is 19.7 Å². The fourth-order valence-corrected chi connectivity index (χ4v) is 3.93. The Balaban J connectivity index is 1.75. The van der Waals surface area contributed by atoms with E-state index >= 15 is 0 Å². The number of benzene rings is 2. The minimum atomic E-state index is -0.659. The molecule has 2 aromatic rings. The normalized spacial score (nSPS) is 13.3. The number of carbonyl (C=O) groups is 2. The molecule has 0 bridgehead atoms. The lowest BCUT2D eigenvalue weighted by Crippen LogP contribution is -2.31. The summed E-state index contributed by atoms with van der Waals surface area (Å²) in [7, 11) is 0. The fraction of sp³-hybridized carbons (Fsp3) is 0.125. The molecule has 9 heteroatoms. The highest BCUT2D eigenvalue weighted by Crippen LogP contribution is 2.33. The molecule has 0 radical (unpaired) electrons. The van der Waals surface area contributed by atoms with Gasteiger partial charge in [0.1, 0.15) is 5.56 Å². The summed E-state index contributed by atoms with van der Waals surface area (Å²) in [5.74, 6) is -0.786. The molecule has 6 nitrogen and oxygen atoms in total. The van der Waals surface area contributed by atoms with Crippen molar-refractivity contribution in [2.75, 3.05) is 12.3 Å². The van der Waals surface area contributed by atoms with Gasteiger partial charge in [-0.15, -0.1) is 11.8 Å². The molecule has 1 aliphatic heterocycles. The molecule has 0 aliphatic carbocycles. The number of hydrogen-bond donors (Lipinski definition) is 0. The summed E-state index contributed by atoms with van der Waals surface area (Å²) in [6.45, 7) is 0.108. The van der Waals surface area contributed by atoms with Crippen LogP contribution in [0, 0.1) is 10.1 Å². The van der Waals surface area contributed by atoms with Crippen molar-refractivity contribution in [3.63, 3.8) is 0 Å². The van der Waals surface area contributed by atoms with Gasteiger partial charge in [-0.2, -0.15) is 0 Å². The Hall–Kier alpha value is -2.09. The Morgan fingerprint density at radius 3 is 2.60 bits per heavy atom. The van der Waals surface area contributed by atoms with Gasteiger partial charge in [-0.1, -0.05) is 29.3 Å². The van der Waals surface area contributed by atoms with Gasteiger partial charge in [-0.3, -0.25) is 24.6 Å². The van der Waals surface area contributed by atoms with E-state index in [1.807, 2.05) is 0 Å². The first-order chi connectivity index (χ1) is 11.9. The Kier molecular flexibility index (Phi) is 4.99. The number of hydrogen-bond acceptors (Lipinski definition) is 5. The summed E-state index contributed by atoms with van der Waals surface area (Å²) in [4.78, 5) is 37.0. The third-order valence-electron chi connectivity index (χ3n) is 3.64. The van der Waals surface area contributed by atoms with E-state index in [1.165, 1.54) is 30.0 Å². The SMILES string of the molecule is O=C1c2cccc([N+](=O)[O-])c2C(=O)N1CCSc1cc(Cl)ccc1Cl. The number of fused-ring (bicyclic) bond motifs is 1. The fourth-order valence-electron chi connectivity index (χ4n) is 2.51. The van der Waals surface area contributed by atoms with Gasteiger partial charge >= 0.3 is 0 Å². The van der Waals surface area contributed by atoms with Gasteiger partial charge in [0.25, 0.3) is 17.5 Å². The molecule has 0 aromatic heterocycles. The Labute approximate surface area is 156 Å². The van der Waals surface area contributed by atoms with Gasteiger partial charge in [-0.25, -0.2) is 0 Å². The van der Waals surface area contributed by atoms with Crippen LogP contribution in [0.5, 0.6) is 0 Å². The van der Waals surface area contributed by atoms with Crippen molar-refractivity contribution in [3.8, 4) is 0 Å². The quantitative estimate of drug-likeness (QED) is 0.325. The van der Waals surface area contributed by atoms with Crippen LogP contribution in [0.3, 0.4) is 0 Å². The number of nitrogens with zero attached hydrogens (tertiary/aromatic N) is 2. The predicted molar refractivity (Wildman–Crippen MR) is 95.6 cm³/mol. The minimum Gasteiger partial charge on any atom is -0.273 e. The number of halogens is 2. The van der Waals surface area contributed by atoms with Gasteiger partial charge < -0.3 is 0 Å². The molecule has 0 fully saturated rings. The first-order valence-electron chi connectivity index (χ1n) is 7.11. The minimum absolute atomic E-state index is 0.0602. The molecular weight excluding hydrogens is 387 g/mol. The highest BCUT2D eigenvalue weighted by Gasteiger charge is 2.40. The average molecular weight is 397 g/mol. The zero-order valence-electron chi connectivity index (χ0n) is 12.6. The van der Waals surface area contributed by atoms with E-state index in [0.717, 1.165) is 9.80 Å². The molecular formula is C16H10Cl2N2O4S. The molecule has 25 heavy (non-hydrogen) atoms. The van der Waals surface area contributed by atoms with Crippen LogP contribution in [0.1, 0.15) is 20.7 Å². The molecule has 1 aliphatic rings. The Morgan fingerprint density at radius 1 is 1.12 bits per heavy atom. The molecule has 2 aromatic carbocycles. The zero-order valence-corrected chi connectivity index (χ0v) is 14.9. The molecule has 3 rings (SSSR count). The molecule has 0 saturated heterocycles. The predicted octanol–water partition coefficient (Wildman–Crippen LogP) is 4.29. The molecule has 0 saturated carbocycles. The van der Waals surface area contributed by atoms with E-state index in [2.05, 4.69) is 0 Å². The number of rotatable bonds is 5.